The van der Waals surface area contributed by atoms with E-state index in [1.54, 1.807) is 6.20 Å². The van der Waals surface area contributed by atoms with Gasteiger partial charge in [-0.1, -0.05) is 11.6 Å². The Labute approximate surface area is 169 Å². The minimum absolute atomic E-state index is 0.132. The van der Waals surface area contributed by atoms with Gasteiger partial charge in [0.25, 0.3) is 0 Å². The highest BCUT2D eigenvalue weighted by atomic mass is 35.5. The maximum absolute atomic E-state index is 6.44. The number of nitrogens with two attached hydrogens (primary N) is 1. The minimum Gasteiger partial charge on any atom is -0.379 e. The van der Waals surface area contributed by atoms with Crippen molar-refractivity contribution in [1.82, 2.24) is 15.0 Å². The number of fused-ring (bicyclic) bond motifs is 1. The van der Waals surface area contributed by atoms with Crippen LogP contribution in [0.25, 0.3) is 0 Å². The topological polar surface area (TPSA) is 89.5 Å². The van der Waals surface area contributed by atoms with E-state index < -0.39 is 0 Å². The Morgan fingerprint density at radius 2 is 2.11 bits per heavy atom. The van der Waals surface area contributed by atoms with Crippen LogP contribution >= 0.6 is 11.6 Å². The van der Waals surface area contributed by atoms with E-state index in [1.807, 2.05) is 19.2 Å². The van der Waals surface area contributed by atoms with E-state index in [0.29, 0.717) is 18.2 Å². The first kappa shape index (κ1) is 18.0. The lowest BCUT2D eigenvalue weighted by atomic mass is 9.75. The largest absolute Gasteiger partial charge is 0.379 e. The van der Waals surface area contributed by atoms with Crippen LogP contribution in [0.15, 0.2) is 23.5 Å². The van der Waals surface area contributed by atoms with Crippen molar-refractivity contribution in [2.24, 2.45) is 16.1 Å². The Kier molecular flexibility index (Phi) is 4.34. The third-order valence-corrected chi connectivity index (χ3v) is 6.80. The Bertz CT molecular complexity index is 954. The molecule has 0 amide bonds. The van der Waals surface area contributed by atoms with E-state index >= 15 is 0 Å². The standard InChI is InChI=1S/C20H23ClN6O/c1-12-17(21)13(2-5-23-12)18-19-14(8-24-18)26-16(9-25-19)27-6-3-20(4-7-27)11-28-10-15(20)22/h2,5,9,15H,3-4,6-8,10-11,22H2,1H3/t15-/m1/s1. The first-order valence-electron chi connectivity index (χ1n) is 9.68. The fourth-order valence-corrected chi connectivity index (χ4v) is 4.62. The Balaban J connectivity index is 1.36. The summed E-state index contributed by atoms with van der Waals surface area (Å²) in [6.07, 6.45) is 5.66. The molecule has 8 heteroatoms. The maximum Gasteiger partial charge on any atom is 0.147 e. The quantitative estimate of drug-likeness (QED) is 0.833. The number of anilines is 1. The van der Waals surface area contributed by atoms with Gasteiger partial charge < -0.3 is 15.4 Å². The van der Waals surface area contributed by atoms with Crippen molar-refractivity contribution in [3.8, 4) is 0 Å². The highest BCUT2D eigenvalue weighted by molar-refractivity contribution is 6.36. The smallest absolute Gasteiger partial charge is 0.147 e. The summed E-state index contributed by atoms with van der Waals surface area (Å²) in [5, 5.41) is 0.622. The molecule has 1 spiro atoms. The molecule has 2 saturated heterocycles. The molecule has 7 nitrogen and oxygen atoms in total. The molecule has 2 N–H and O–H groups in total. The van der Waals surface area contributed by atoms with Gasteiger partial charge in [0.1, 0.15) is 11.5 Å². The second-order valence-electron chi connectivity index (χ2n) is 7.92. The molecular weight excluding hydrogens is 376 g/mol. The normalized spacial score (nSPS) is 23.2. The van der Waals surface area contributed by atoms with Gasteiger partial charge in [0.2, 0.25) is 0 Å². The third kappa shape index (κ3) is 2.80. The molecule has 5 heterocycles. The van der Waals surface area contributed by atoms with Gasteiger partial charge in [0.15, 0.2) is 0 Å². The highest BCUT2D eigenvalue weighted by Crippen LogP contribution is 2.39. The second kappa shape index (κ2) is 6.76. The van der Waals surface area contributed by atoms with Crippen LogP contribution in [0.5, 0.6) is 0 Å². The lowest BCUT2D eigenvalue weighted by Crippen LogP contribution is -2.49. The lowest BCUT2D eigenvalue weighted by Gasteiger charge is -2.41. The van der Waals surface area contributed by atoms with Gasteiger partial charge in [-0.2, -0.15) is 0 Å². The highest BCUT2D eigenvalue weighted by Gasteiger charge is 2.44. The Morgan fingerprint density at radius 1 is 1.29 bits per heavy atom. The summed E-state index contributed by atoms with van der Waals surface area (Å²) in [6, 6.07) is 2.03. The van der Waals surface area contributed by atoms with E-state index in [1.165, 1.54) is 0 Å². The Morgan fingerprint density at radius 3 is 2.86 bits per heavy atom. The van der Waals surface area contributed by atoms with E-state index in [-0.39, 0.29) is 11.5 Å². The second-order valence-corrected chi connectivity index (χ2v) is 8.30. The zero-order valence-electron chi connectivity index (χ0n) is 15.9. The summed E-state index contributed by atoms with van der Waals surface area (Å²) < 4.78 is 5.62. The molecule has 2 aromatic heterocycles. The summed E-state index contributed by atoms with van der Waals surface area (Å²) in [5.74, 6) is 0.912. The number of pyridine rings is 1. The molecule has 2 fully saturated rings. The van der Waals surface area contributed by atoms with Crippen molar-refractivity contribution in [2.45, 2.75) is 32.4 Å². The monoisotopic (exact) mass is 398 g/mol. The summed E-state index contributed by atoms with van der Waals surface area (Å²) in [5.41, 5.74) is 10.6. The van der Waals surface area contributed by atoms with Gasteiger partial charge in [0, 0.05) is 36.3 Å². The molecule has 28 heavy (non-hydrogen) atoms. The van der Waals surface area contributed by atoms with E-state index in [2.05, 4.69) is 14.9 Å². The molecule has 0 unspecified atom stereocenters. The van der Waals surface area contributed by atoms with Gasteiger partial charge in [-0.3, -0.25) is 9.98 Å². The number of halogens is 1. The van der Waals surface area contributed by atoms with Gasteiger partial charge >= 0.3 is 0 Å². The first-order valence-corrected chi connectivity index (χ1v) is 10.1. The third-order valence-electron chi connectivity index (χ3n) is 6.32. The van der Waals surface area contributed by atoms with Crippen molar-refractivity contribution in [3.05, 3.63) is 46.1 Å². The maximum atomic E-state index is 6.44. The van der Waals surface area contributed by atoms with Crippen molar-refractivity contribution in [3.63, 3.8) is 0 Å². The minimum atomic E-state index is 0.132. The van der Waals surface area contributed by atoms with Crippen LogP contribution in [-0.4, -0.2) is 53.0 Å². The molecule has 0 aliphatic carbocycles. The number of aromatic nitrogens is 3. The van der Waals surface area contributed by atoms with Crippen LogP contribution in [0, 0.1) is 12.3 Å². The first-order chi connectivity index (χ1) is 13.6. The average Bonchev–Trinajstić information content (AvgIpc) is 3.28. The van der Waals surface area contributed by atoms with E-state index in [4.69, 9.17) is 32.0 Å². The van der Waals surface area contributed by atoms with E-state index in [9.17, 15) is 0 Å². The predicted molar refractivity (Wildman–Crippen MR) is 108 cm³/mol. The van der Waals surface area contributed by atoms with E-state index in [0.717, 1.165) is 66.7 Å². The van der Waals surface area contributed by atoms with Crippen LogP contribution in [-0.2, 0) is 11.3 Å². The molecule has 0 saturated carbocycles. The number of aryl methyl sites for hydroxylation is 1. The Hall–Kier alpha value is -2.09. The number of nitrogens with zero attached hydrogens (tertiary/aromatic N) is 5. The fourth-order valence-electron chi connectivity index (χ4n) is 4.42. The number of hydrogen-bond donors (Lipinski definition) is 1. The zero-order valence-corrected chi connectivity index (χ0v) is 16.6. The molecular formula is C20H23ClN6O. The van der Waals surface area contributed by atoms with Crippen molar-refractivity contribution < 1.29 is 4.74 Å². The zero-order chi connectivity index (χ0) is 19.3. The van der Waals surface area contributed by atoms with Crippen LogP contribution in [0.4, 0.5) is 5.82 Å². The molecule has 0 aromatic carbocycles. The molecule has 2 aromatic rings. The molecule has 3 aliphatic rings. The van der Waals surface area contributed by atoms with Gasteiger partial charge in [-0.15, -0.1) is 0 Å². The number of piperidine rings is 1. The van der Waals surface area contributed by atoms with Gasteiger partial charge in [-0.25, -0.2) is 9.97 Å². The average molecular weight is 399 g/mol. The van der Waals surface area contributed by atoms with Crippen molar-refractivity contribution in [2.75, 3.05) is 31.2 Å². The fraction of sp³-hybridized carbons (Fsp3) is 0.500. The number of aliphatic imine (C=N–C) groups is 1. The molecule has 0 radical (unpaired) electrons. The van der Waals surface area contributed by atoms with Gasteiger partial charge in [0.05, 0.1) is 48.1 Å². The number of ether oxygens (including phenoxy) is 1. The summed E-state index contributed by atoms with van der Waals surface area (Å²) in [6.45, 7) is 5.72. The number of rotatable bonds is 2. The molecule has 146 valence electrons. The van der Waals surface area contributed by atoms with Crippen LogP contribution in [0.1, 0.15) is 35.5 Å². The summed E-state index contributed by atoms with van der Waals surface area (Å²) in [7, 11) is 0. The molecule has 1 atom stereocenters. The predicted octanol–water partition coefficient (Wildman–Crippen LogP) is 2.13. The molecule has 0 bridgehead atoms. The van der Waals surface area contributed by atoms with Gasteiger partial charge in [-0.05, 0) is 25.8 Å². The van der Waals surface area contributed by atoms with Crippen molar-refractivity contribution >= 4 is 23.1 Å². The number of hydrogen-bond acceptors (Lipinski definition) is 7. The molecule has 5 rings (SSSR count). The van der Waals surface area contributed by atoms with Crippen LogP contribution in [0.3, 0.4) is 0 Å². The summed E-state index contributed by atoms with van der Waals surface area (Å²) >= 11 is 6.44. The van der Waals surface area contributed by atoms with Crippen LogP contribution in [0.2, 0.25) is 5.02 Å². The SMILES string of the molecule is Cc1nccc(C2=NCc3nc(N4CCC5(CC4)COC[C@H]5N)cnc32)c1Cl. The van der Waals surface area contributed by atoms with Crippen molar-refractivity contribution in [1.29, 1.82) is 0 Å². The molecule has 3 aliphatic heterocycles. The van der Waals surface area contributed by atoms with Crippen LogP contribution < -0.4 is 10.6 Å². The summed E-state index contributed by atoms with van der Waals surface area (Å²) in [4.78, 5) is 20.8. The lowest BCUT2D eigenvalue weighted by molar-refractivity contribution is 0.131.